The highest BCUT2D eigenvalue weighted by molar-refractivity contribution is 9.11. The molecule has 5 aromatic rings. The summed E-state index contributed by atoms with van der Waals surface area (Å²) >= 11 is 7.05. The Bertz CT molecular complexity index is 1510. The van der Waals surface area contributed by atoms with Crippen LogP contribution in [0.5, 0.6) is 5.75 Å². The number of ether oxygens (including phenoxy) is 1. The molecular weight excluding hydrogens is 558 g/mol. The minimum Gasteiger partial charge on any atom is -0.423 e. The Morgan fingerprint density at radius 3 is 2.65 bits per heavy atom. The number of hydrogen-bond donors (Lipinski definition) is 1. The highest BCUT2D eigenvalue weighted by Gasteiger charge is 2.18. The molecule has 0 spiro atoms. The van der Waals surface area contributed by atoms with Crippen LogP contribution in [0.25, 0.3) is 33.2 Å². The van der Waals surface area contributed by atoms with Gasteiger partial charge in [0.05, 0.1) is 15.9 Å². The summed E-state index contributed by atoms with van der Waals surface area (Å²) in [6.07, 6.45) is 5.15. The first kappa shape index (κ1) is 22.7. The number of benzene rings is 2. The van der Waals surface area contributed by atoms with E-state index < -0.39 is 0 Å². The molecule has 170 valence electrons. The van der Waals surface area contributed by atoms with Gasteiger partial charge in [0.1, 0.15) is 5.52 Å². The van der Waals surface area contributed by atoms with Gasteiger partial charge in [-0.1, -0.05) is 39.7 Å². The summed E-state index contributed by atoms with van der Waals surface area (Å²) in [5, 5.41) is 2.06. The third-order valence-corrected chi connectivity index (χ3v) is 7.00. The van der Waals surface area contributed by atoms with E-state index in [9.17, 15) is 4.79 Å². The Morgan fingerprint density at radius 2 is 1.82 bits per heavy atom. The molecule has 0 aliphatic rings. The van der Waals surface area contributed by atoms with Crippen molar-refractivity contribution in [3.8, 4) is 17.1 Å². The predicted octanol–water partition coefficient (Wildman–Crippen LogP) is 7.54. The number of esters is 1. The number of nitrogens with one attached hydrogen (secondary N) is 1. The first-order valence-corrected chi connectivity index (χ1v) is 12.6. The van der Waals surface area contributed by atoms with Gasteiger partial charge in [0.15, 0.2) is 5.75 Å². The number of aryl methyl sites for hydroxylation is 2. The number of H-pyrrole nitrogens is 1. The molecule has 7 heteroatoms. The van der Waals surface area contributed by atoms with Gasteiger partial charge in [0.25, 0.3) is 0 Å². The van der Waals surface area contributed by atoms with Crippen LogP contribution >= 0.6 is 31.9 Å². The number of aromatic nitrogens is 3. The van der Waals surface area contributed by atoms with E-state index >= 15 is 0 Å². The second-order valence-corrected chi connectivity index (χ2v) is 9.85. The summed E-state index contributed by atoms with van der Waals surface area (Å²) in [5.74, 6) is 0.158. The maximum Gasteiger partial charge on any atom is 0.311 e. The van der Waals surface area contributed by atoms with Crippen molar-refractivity contribution in [1.29, 1.82) is 0 Å². The molecule has 5 nitrogen and oxygen atoms in total. The summed E-state index contributed by atoms with van der Waals surface area (Å²) in [7, 11) is 0. The number of halogens is 2. The van der Waals surface area contributed by atoms with Crippen molar-refractivity contribution >= 4 is 59.6 Å². The highest BCUT2D eigenvalue weighted by atomic mass is 79.9. The van der Waals surface area contributed by atoms with Gasteiger partial charge in [-0.15, -0.1) is 0 Å². The monoisotopic (exact) mass is 577 g/mol. The Morgan fingerprint density at radius 1 is 0.971 bits per heavy atom. The van der Waals surface area contributed by atoms with E-state index in [0.717, 1.165) is 33.2 Å². The molecule has 0 aliphatic carbocycles. The van der Waals surface area contributed by atoms with Crippen molar-refractivity contribution in [3.63, 3.8) is 0 Å². The molecule has 3 aromatic heterocycles. The predicted molar refractivity (Wildman–Crippen MR) is 142 cm³/mol. The van der Waals surface area contributed by atoms with Crippen molar-refractivity contribution in [1.82, 2.24) is 15.0 Å². The van der Waals surface area contributed by atoms with Crippen molar-refractivity contribution < 1.29 is 9.53 Å². The zero-order valence-corrected chi connectivity index (χ0v) is 21.6. The zero-order chi connectivity index (χ0) is 23.7. The van der Waals surface area contributed by atoms with Gasteiger partial charge >= 0.3 is 5.97 Å². The average Bonchev–Trinajstić information content (AvgIpc) is 3.20. The average molecular weight is 579 g/mol. The van der Waals surface area contributed by atoms with Crippen LogP contribution in [0, 0.1) is 6.92 Å². The molecule has 0 bridgehead atoms. The normalized spacial score (nSPS) is 11.3. The molecule has 0 amide bonds. The fourth-order valence-corrected chi connectivity index (χ4v) is 5.52. The van der Waals surface area contributed by atoms with Crippen molar-refractivity contribution in [2.75, 3.05) is 0 Å². The maximum absolute atomic E-state index is 12.8. The summed E-state index contributed by atoms with van der Waals surface area (Å²) in [5.41, 5.74) is 5.97. The lowest BCUT2D eigenvalue weighted by atomic mass is 10.0. The highest BCUT2D eigenvalue weighted by Crippen LogP contribution is 2.37. The summed E-state index contributed by atoms with van der Waals surface area (Å²) in [4.78, 5) is 25.3. The van der Waals surface area contributed by atoms with Crippen molar-refractivity contribution in [3.05, 3.63) is 87.1 Å². The van der Waals surface area contributed by atoms with Gasteiger partial charge in [-0.3, -0.25) is 14.8 Å². The van der Waals surface area contributed by atoms with Gasteiger partial charge in [0, 0.05) is 39.6 Å². The molecular formula is C27H21Br2N3O2. The molecule has 2 aromatic carbocycles. The number of nitrogens with zero attached hydrogens (tertiary/aromatic N) is 2. The van der Waals surface area contributed by atoms with Gasteiger partial charge in [-0.25, -0.2) is 0 Å². The van der Waals surface area contributed by atoms with Crippen LogP contribution in [0.15, 0.2) is 75.9 Å². The first-order chi connectivity index (χ1) is 16.5. The molecule has 0 unspecified atom stereocenters. The largest absolute Gasteiger partial charge is 0.423 e. The van der Waals surface area contributed by atoms with Crippen LogP contribution < -0.4 is 4.74 Å². The SMILES string of the molecule is Cc1ccc2[nH]c(-c3ccccn3)c(CCCC(=O)Oc3c(Br)cc(Br)c4cccnc34)c2c1. The van der Waals surface area contributed by atoms with Gasteiger partial charge < -0.3 is 9.72 Å². The van der Waals surface area contributed by atoms with Gasteiger partial charge in [0.2, 0.25) is 0 Å². The quantitative estimate of drug-likeness (QED) is 0.167. The number of rotatable bonds is 6. The fourth-order valence-electron chi connectivity index (χ4n) is 4.17. The van der Waals surface area contributed by atoms with Crippen LogP contribution in [0.4, 0.5) is 0 Å². The van der Waals surface area contributed by atoms with E-state index in [4.69, 9.17) is 4.74 Å². The van der Waals surface area contributed by atoms with Crippen molar-refractivity contribution in [2.24, 2.45) is 0 Å². The Balaban J connectivity index is 1.37. The number of fused-ring (bicyclic) bond motifs is 2. The number of aromatic amines is 1. The molecule has 0 saturated heterocycles. The summed E-state index contributed by atoms with van der Waals surface area (Å²) in [6, 6.07) is 17.9. The summed E-state index contributed by atoms with van der Waals surface area (Å²) < 4.78 is 7.34. The van der Waals surface area contributed by atoms with Gasteiger partial charge in [-0.05, 0) is 77.7 Å². The number of hydrogen-bond acceptors (Lipinski definition) is 4. The van der Waals surface area contributed by atoms with Gasteiger partial charge in [-0.2, -0.15) is 0 Å². The Kier molecular flexibility index (Phi) is 6.48. The van der Waals surface area contributed by atoms with Crippen LogP contribution in [0.2, 0.25) is 0 Å². The standard InChI is InChI=1S/C27H21Br2N3O2/c1-16-10-11-22-19(14-16)17(25(32-22)23-8-2-3-12-30-23)6-4-9-24(33)34-27-21(29)15-20(28)18-7-5-13-31-26(18)27/h2-3,5,7-8,10-15,32H,4,6,9H2,1H3. The maximum atomic E-state index is 12.8. The van der Waals surface area contributed by atoms with Crippen LogP contribution in [-0.4, -0.2) is 20.9 Å². The smallest absolute Gasteiger partial charge is 0.311 e. The lowest BCUT2D eigenvalue weighted by Gasteiger charge is -2.11. The second kappa shape index (κ2) is 9.68. The Hall–Kier alpha value is -3.03. The number of carbonyl (C=O) groups excluding carboxylic acids is 1. The topological polar surface area (TPSA) is 67.9 Å². The van der Waals surface area contributed by atoms with E-state index in [0.29, 0.717) is 22.2 Å². The fraction of sp³-hybridized carbons (Fsp3) is 0.148. The van der Waals surface area contributed by atoms with E-state index in [-0.39, 0.29) is 12.4 Å². The molecule has 0 aliphatic heterocycles. The van der Waals surface area contributed by atoms with Crippen LogP contribution in [-0.2, 0) is 11.2 Å². The first-order valence-electron chi connectivity index (χ1n) is 11.0. The minimum absolute atomic E-state index is 0.287. The second-order valence-electron chi connectivity index (χ2n) is 8.14. The molecule has 34 heavy (non-hydrogen) atoms. The molecule has 5 rings (SSSR count). The Labute approximate surface area is 213 Å². The molecule has 0 saturated carbocycles. The molecule has 0 fully saturated rings. The van der Waals surface area contributed by atoms with Crippen molar-refractivity contribution in [2.45, 2.75) is 26.2 Å². The minimum atomic E-state index is -0.287. The molecule has 3 heterocycles. The molecule has 0 radical (unpaired) electrons. The van der Waals surface area contributed by atoms with Crippen LogP contribution in [0.1, 0.15) is 24.0 Å². The lowest BCUT2D eigenvalue weighted by Crippen LogP contribution is -2.09. The third kappa shape index (κ3) is 4.50. The van der Waals surface area contributed by atoms with E-state index in [1.165, 1.54) is 16.5 Å². The lowest BCUT2D eigenvalue weighted by molar-refractivity contribution is -0.134. The van der Waals surface area contributed by atoms with E-state index in [2.05, 4.69) is 71.9 Å². The molecule has 1 N–H and O–H groups in total. The number of pyridine rings is 2. The third-order valence-electron chi connectivity index (χ3n) is 5.76. The van der Waals surface area contributed by atoms with Crippen LogP contribution in [0.3, 0.4) is 0 Å². The van der Waals surface area contributed by atoms with E-state index in [1.807, 2.05) is 36.4 Å². The summed E-state index contributed by atoms with van der Waals surface area (Å²) in [6.45, 7) is 2.09. The molecule has 0 atom stereocenters. The zero-order valence-electron chi connectivity index (χ0n) is 18.4. The number of carbonyl (C=O) groups is 1. The van der Waals surface area contributed by atoms with E-state index in [1.54, 1.807) is 12.4 Å².